The van der Waals surface area contributed by atoms with Crippen LogP contribution in [0.1, 0.15) is 32.6 Å². The molecule has 14 heavy (non-hydrogen) atoms. The normalized spacial score (nSPS) is 14.7. The van der Waals surface area contributed by atoms with Crippen molar-refractivity contribution in [2.45, 2.75) is 38.6 Å². The van der Waals surface area contributed by atoms with E-state index >= 15 is 0 Å². The van der Waals surface area contributed by atoms with Gasteiger partial charge in [-0.05, 0) is 12.8 Å². The minimum absolute atomic E-state index is 0.00719. The van der Waals surface area contributed by atoms with Crippen molar-refractivity contribution in [1.29, 1.82) is 0 Å². The summed E-state index contributed by atoms with van der Waals surface area (Å²) in [6, 6.07) is -0.0862. The molecular formula is C9H19N3O2. The highest BCUT2D eigenvalue weighted by molar-refractivity contribution is 5.83. The monoisotopic (exact) mass is 201 g/mol. The Labute approximate surface area is 84.0 Å². The summed E-state index contributed by atoms with van der Waals surface area (Å²) in [4.78, 5) is 21.6. The highest BCUT2D eigenvalue weighted by Crippen LogP contribution is 2.12. The molecule has 0 aliphatic rings. The predicted octanol–water partition coefficient (Wildman–Crippen LogP) is -0.519. The molecule has 0 saturated carbocycles. The zero-order valence-corrected chi connectivity index (χ0v) is 8.53. The van der Waals surface area contributed by atoms with Crippen LogP contribution in [-0.4, -0.2) is 17.9 Å². The highest BCUT2D eigenvalue weighted by Gasteiger charge is 2.20. The molecule has 5 heteroatoms. The lowest BCUT2D eigenvalue weighted by molar-refractivity contribution is -0.127. The zero-order chi connectivity index (χ0) is 11.1. The summed E-state index contributed by atoms with van der Waals surface area (Å²) in [7, 11) is 0. The van der Waals surface area contributed by atoms with Crippen LogP contribution in [0.2, 0.25) is 0 Å². The number of carbonyl (C=O) groups excluding carboxylic acids is 2. The van der Waals surface area contributed by atoms with Gasteiger partial charge < -0.3 is 17.2 Å². The third kappa shape index (κ3) is 5.53. The maximum atomic E-state index is 10.9. The molecule has 0 bridgehead atoms. The van der Waals surface area contributed by atoms with Crippen LogP contribution in [0.3, 0.4) is 0 Å². The standard InChI is InChI=1S/C9H19N3O2/c1-2-3-7(10)4-6(9(12)14)5-8(11)13/h6-7H,2-5,10H2,1H3,(H2,11,13)(H2,12,14)/t6-,7?/m0/s1. The molecule has 0 aromatic rings. The van der Waals surface area contributed by atoms with Gasteiger partial charge in [-0.25, -0.2) is 0 Å². The van der Waals surface area contributed by atoms with Gasteiger partial charge >= 0.3 is 0 Å². The van der Waals surface area contributed by atoms with E-state index in [1.807, 2.05) is 6.92 Å². The molecule has 2 amide bonds. The van der Waals surface area contributed by atoms with Crippen LogP contribution in [0.25, 0.3) is 0 Å². The van der Waals surface area contributed by atoms with Crippen LogP contribution in [0.5, 0.6) is 0 Å². The fourth-order valence-corrected chi connectivity index (χ4v) is 1.40. The molecule has 0 aliphatic heterocycles. The molecule has 0 heterocycles. The molecule has 0 aromatic carbocycles. The molecule has 0 saturated heterocycles. The molecule has 0 fully saturated rings. The molecule has 0 spiro atoms. The van der Waals surface area contributed by atoms with Crippen LogP contribution in [-0.2, 0) is 9.59 Å². The maximum Gasteiger partial charge on any atom is 0.221 e. The number of rotatable bonds is 7. The highest BCUT2D eigenvalue weighted by atomic mass is 16.2. The van der Waals surface area contributed by atoms with E-state index < -0.39 is 17.7 Å². The van der Waals surface area contributed by atoms with Gasteiger partial charge in [-0.15, -0.1) is 0 Å². The van der Waals surface area contributed by atoms with Crippen LogP contribution in [0.15, 0.2) is 0 Å². The number of hydrogen-bond acceptors (Lipinski definition) is 3. The fraction of sp³-hybridized carbons (Fsp3) is 0.778. The van der Waals surface area contributed by atoms with Gasteiger partial charge in [-0.2, -0.15) is 0 Å². The minimum atomic E-state index is -0.519. The first kappa shape index (κ1) is 12.9. The zero-order valence-electron chi connectivity index (χ0n) is 8.53. The van der Waals surface area contributed by atoms with E-state index in [1.165, 1.54) is 0 Å². The van der Waals surface area contributed by atoms with Crippen molar-refractivity contribution in [3.8, 4) is 0 Å². The number of carbonyl (C=O) groups is 2. The van der Waals surface area contributed by atoms with Crippen molar-refractivity contribution >= 4 is 11.8 Å². The molecule has 0 aliphatic carbocycles. The Hall–Kier alpha value is -1.10. The lowest BCUT2D eigenvalue weighted by Gasteiger charge is -2.16. The minimum Gasteiger partial charge on any atom is -0.370 e. The van der Waals surface area contributed by atoms with E-state index in [4.69, 9.17) is 17.2 Å². The van der Waals surface area contributed by atoms with Crippen LogP contribution in [0.4, 0.5) is 0 Å². The molecule has 2 atom stereocenters. The van der Waals surface area contributed by atoms with Gasteiger partial charge in [0.25, 0.3) is 0 Å². The first-order valence-electron chi connectivity index (χ1n) is 4.80. The van der Waals surface area contributed by atoms with Crippen LogP contribution >= 0.6 is 0 Å². The summed E-state index contributed by atoms with van der Waals surface area (Å²) in [5.74, 6) is -1.54. The smallest absolute Gasteiger partial charge is 0.221 e. The van der Waals surface area contributed by atoms with E-state index in [9.17, 15) is 9.59 Å². The second kappa shape index (κ2) is 6.37. The van der Waals surface area contributed by atoms with Gasteiger partial charge in [0.05, 0.1) is 0 Å². The SMILES string of the molecule is CCCC(N)C[C@@H](CC(N)=O)C(N)=O. The van der Waals surface area contributed by atoms with Crippen molar-refractivity contribution in [2.75, 3.05) is 0 Å². The Bertz CT molecular complexity index is 206. The molecular weight excluding hydrogens is 182 g/mol. The summed E-state index contributed by atoms with van der Waals surface area (Å²) in [5.41, 5.74) is 15.9. The molecule has 82 valence electrons. The first-order valence-corrected chi connectivity index (χ1v) is 4.80. The lowest BCUT2D eigenvalue weighted by Crippen LogP contribution is -2.33. The Balaban J connectivity index is 4.08. The number of hydrogen-bond donors (Lipinski definition) is 3. The summed E-state index contributed by atoms with van der Waals surface area (Å²) >= 11 is 0. The van der Waals surface area contributed by atoms with E-state index in [-0.39, 0.29) is 12.5 Å². The molecule has 0 aromatic heterocycles. The lowest BCUT2D eigenvalue weighted by atomic mass is 9.94. The Morgan fingerprint density at radius 1 is 1.29 bits per heavy atom. The average Bonchev–Trinajstić information content (AvgIpc) is 2.02. The van der Waals surface area contributed by atoms with Gasteiger partial charge in [-0.3, -0.25) is 9.59 Å². The Morgan fingerprint density at radius 3 is 2.21 bits per heavy atom. The van der Waals surface area contributed by atoms with Crippen LogP contribution in [0, 0.1) is 5.92 Å². The van der Waals surface area contributed by atoms with Gasteiger partial charge in [0, 0.05) is 18.4 Å². The second-order valence-electron chi connectivity index (χ2n) is 3.55. The van der Waals surface area contributed by atoms with Crippen molar-refractivity contribution in [3.63, 3.8) is 0 Å². The number of amides is 2. The second-order valence-corrected chi connectivity index (χ2v) is 3.55. The van der Waals surface area contributed by atoms with Gasteiger partial charge in [0.1, 0.15) is 0 Å². The third-order valence-corrected chi connectivity index (χ3v) is 2.10. The van der Waals surface area contributed by atoms with Crippen molar-refractivity contribution in [1.82, 2.24) is 0 Å². The van der Waals surface area contributed by atoms with E-state index in [1.54, 1.807) is 0 Å². The topological polar surface area (TPSA) is 112 Å². The largest absolute Gasteiger partial charge is 0.370 e. The fourth-order valence-electron chi connectivity index (χ4n) is 1.40. The summed E-state index contributed by atoms with van der Waals surface area (Å²) in [6.07, 6.45) is 2.20. The van der Waals surface area contributed by atoms with Crippen molar-refractivity contribution in [3.05, 3.63) is 0 Å². The first-order chi connectivity index (χ1) is 6.47. The van der Waals surface area contributed by atoms with Gasteiger partial charge in [0.2, 0.25) is 11.8 Å². The Morgan fingerprint density at radius 2 is 1.86 bits per heavy atom. The number of primary amides is 2. The van der Waals surface area contributed by atoms with Gasteiger partial charge in [-0.1, -0.05) is 13.3 Å². The summed E-state index contributed by atoms with van der Waals surface area (Å²) in [6.45, 7) is 2.01. The summed E-state index contributed by atoms with van der Waals surface area (Å²) < 4.78 is 0. The molecule has 0 radical (unpaired) electrons. The number of nitrogens with two attached hydrogens (primary N) is 3. The third-order valence-electron chi connectivity index (χ3n) is 2.10. The average molecular weight is 201 g/mol. The van der Waals surface area contributed by atoms with E-state index in [2.05, 4.69) is 0 Å². The van der Waals surface area contributed by atoms with Crippen molar-refractivity contribution < 1.29 is 9.59 Å². The molecule has 6 N–H and O–H groups in total. The molecule has 5 nitrogen and oxygen atoms in total. The van der Waals surface area contributed by atoms with E-state index in [0.717, 1.165) is 12.8 Å². The Kier molecular flexibility index (Phi) is 5.87. The van der Waals surface area contributed by atoms with Gasteiger partial charge in [0.15, 0.2) is 0 Å². The maximum absolute atomic E-state index is 10.9. The van der Waals surface area contributed by atoms with E-state index in [0.29, 0.717) is 6.42 Å². The van der Waals surface area contributed by atoms with Crippen molar-refractivity contribution in [2.24, 2.45) is 23.1 Å². The molecule has 0 rings (SSSR count). The quantitative estimate of drug-likeness (QED) is 0.515. The summed E-state index contributed by atoms with van der Waals surface area (Å²) in [5, 5.41) is 0. The molecule has 1 unspecified atom stereocenters. The van der Waals surface area contributed by atoms with Crippen LogP contribution < -0.4 is 17.2 Å². The predicted molar refractivity (Wildman–Crippen MR) is 54.0 cm³/mol.